The van der Waals surface area contributed by atoms with E-state index in [0.717, 1.165) is 6.42 Å². The maximum absolute atomic E-state index is 5.68. The molecule has 0 saturated heterocycles. The number of aromatic amines is 1. The number of rotatable bonds is 3. The summed E-state index contributed by atoms with van der Waals surface area (Å²) in [4.78, 5) is 0. The molecule has 0 radical (unpaired) electrons. The molecule has 1 aliphatic carbocycles. The van der Waals surface area contributed by atoms with Crippen LogP contribution >= 0.6 is 0 Å². The molecule has 0 spiro atoms. The topological polar surface area (TPSA) is 54.7 Å². The first kappa shape index (κ1) is 7.80. The lowest BCUT2D eigenvalue weighted by molar-refractivity contribution is 0.930. The van der Waals surface area contributed by atoms with Gasteiger partial charge in [-0.3, -0.25) is 5.10 Å². The number of H-pyrrole nitrogens is 1. The smallest absolute Gasteiger partial charge is 0.0700 e. The third-order valence-corrected chi connectivity index (χ3v) is 2.51. The zero-order chi connectivity index (χ0) is 8.55. The van der Waals surface area contributed by atoms with Crippen molar-refractivity contribution in [1.29, 1.82) is 0 Å². The number of aromatic nitrogens is 2. The average molecular weight is 165 g/mol. The first-order chi connectivity index (χ1) is 5.86. The predicted octanol–water partition coefficient (Wildman–Crippen LogP) is 1.31. The summed E-state index contributed by atoms with van der Waals surface area (Å²) in [5, 5.41) is 7.38. The van der Waals surface area contributed by atoms with Gasteiger partial charge in [0.2, 0.25) is 0 Å². The van der Waals surface area contributed by atoms with Gasteiger partial charge in [0.1, 0.15) is 0 Å². The first-order valence-corrected chi connectivity index (χ1v) is 4.62. The Kier molecular flexibility index (Phi) is 1.89. The molecule has 2 rings (SSSR count). The maximum atomic E-state index is 5.68. The Bertz CT molecular complexity index is 273. The van der Waals surface area contributed by atoms with E-state index >= 15 is 0 Å². The van der Waals surface area contributed by atoms with E-state index < -0.39 is 0 Å². The molecule has 3 heteroatoms. The summed E-state index contributed by atoms with van der Waals surface area (Å²) in [7, 11) is 0. The third-order valence-electron chi connectivity index (χ3n) is 2.51. The van der Waals surface area contributed by atoms with Crippen molar-refractivity contribution in [2.45, 2.75) is 38.6 Å². The summed E-state index contributed by atoms with van der Waals surface area (Å²) < 4.78 is 0. The second-order valence-electron chi connectivity index (χ2n) is 3.40. The van der Waals surface area contributed by atoms with Gasteiger partial charge in [0.15, 0.2) is 0 Å². The fraction of sp³-hybridized carbons (Fsp3) is 0.667. The predicted molar refractivity (Wildman–Crippen MR) is 47.8 cm³/mol. The molecule has 0 aliphatic heterocycles. The molecule has 66 valence electrons. The fourth-order valence-electron chi connectivity index (χ4n) is 1.63. The number of nitrogens with zero attached hydrogens (tertiary/aromatic N) is 1. The molecule has 0 unspecified atom stereocenters. The Hall–Kier alpha value is -0.830. The quantitative estimate of drug-likeness (QED) is 0.709. The molecule has 0 atom stereocenters. The van der Waals surface area contributed by atoms with Crippen molar-refractivity contribution in [3.8, 4) is 0 Å². The average Bonchev–Trinajstić information content (AvgIpc) is 2.85. The van der Waals surface area contributed by atoms with E-state index in [1.165, 1.54) is 29.8 Å². The van der Waals surface area contributed by atoms with Gasteiger partial charge in [0.05, 0.1) is 5.69 Å². The Morgan fingerprint density at radius 3 is 2.83 bits per heavy atom. The van der Waals surface area contributed by atoms with Crippen molar-refractivity contribution < 1.29 is 0 Å². The van der Waals surface area contributed by atoms with Crippen LogP contribution in [0.2, 0.25) is 0 Å². The number of aryl methyl sites for hydroxylation is 1. The van der Waals surface area contributed by atoms with Gasteiger partial charge in [0, 0.05) is 23.7 Å². The standard InChI is InChI=1S/C9H15N3/c1-2-8-7(5-10)9(12-11-8)6-3-4-6/h6H,2-5,10H2,1H3,(H,11,12). The van der Waals surface area contributed by atoms with Crippen molar-refractivity contribution in [1.82, 2.24) is 10.2 Å². The molecule has 1 aromatic heterocycles. The van der Waals surface area contributed by atoms with Crippen LogP contribution < -0.4 is 5.73 Å². The van der Waals surface area contributed by atoms with Crippen LogP contribution in [0.1, 0.15) is 42.6 Å². The largest absolute Gasteiger partial charge is 0.326 e. The second kappa shape index (κ2) is 2.90. The van der Waals surface area contributed by atoms with Crippen LogP contribution in [0, 0.1) is 0 Å². The minimum Gasteiger partial charge on any atom is -0.326 e. The molecule has 0 bridgehead atoms. The number of nitrogens with one attached hydrogen (secondary N) is 1. The van der Waals surface area contributed by atoms with Gasteiger partial charge in [-0.2, -0.15) is 5.10 Å². The highest BCUT2D eigenvalue weighted by molar-refractivity contribution is 5.30. The Morgan fingerprint density at radius 2 is 2.33 bits per heavy atom. The van der Waals surface area contributed by atoms with Crippen LogP contribution in [0.3, 0.4) is 0 Å². The van der Waals surface area contributed by atoms with E-state index in [-0.39, 0.29) is 0 Å². The molecule has 1 aliphatic rings. The highest BCUT2D eigenvalue weighted by Crippen LogP contribution is 2.41. The summed E-state index contributed by atoms with van der Waals surface area (Å²) in [5.41, 5.74) is 9.39. The normalized spacial score (nSPS) is 16.8. The minimum atomic E-state index is 0.630. The summed E-state index contributed by atoms with van der Waals surface area (Å²) >= 11 is 0. The van der Waals surface area contributed by atoms with Gasteiger partial charge < -0.3 is 5.73 Å². The van der Waals surface area contributed by atoms with Crippen molar-refractivity contribution in [2.24, 2.45) is 5.73 Å². The zero-order valence-corrected chi connectivity index (χ0v) is 7.43. The van der Waals surface area contributed by atoms with E-state index in [9.17, 15) is 0 Å². The molecular formula is C9H15N3. The molecule has 1 saturated carbocycles. The summed E-state index contributed by atoms with van der Waals surface area (Å²) in [6, 6.07) is 0. The van der Waals surface area contributed by atoms with E-state index in [0.29, 0.717) is 12.5 Å². The minimum absolute atomic E-state index is 0.630. The molecular weight excluding hydrogens is 150 g/mol. The lowest BCUT2D eigenvalue weighted by Crippen LogP contribution is -2.01. The van der Waals surface area contributed by atoms with Gasteiger partial charge >= 0.3 is 0 Å². The first-order valence-electron chi connectivity index (χ1n) is 4.62. The zero-order valence-electron chi connectivity index (χ0n) is 7.43. The molecule has 1 aromatic rings. The number of hydrogen-bond donors (Lipinski definition) is 2. The highest BCUT2D eigenvalue weighted by atomic mass is 15.1. The Labute approximate surface area is 72.4 Å². The van der Waals surface area contributed by atoms with E-state index in [4.69, 9.17) is 5.73 Å². The van der Waals surface area contributed by atoms with Gasteiger partial charge in [-0.25, -0.2) is 0 Å². The molecule has 3 nitrogen and oxygen atoms in total. The monoisotopic (exact) mass is 165 g/mol. The van der Waals surface area contributed by atoms with Gasteiger partial charge in [0.25, 0.3) is 0 Å². The third kappa shape index (κ3) is 1.14. The van der Waals surface area contributed by atoms with Crippen LogP contribution in [-0.2, 0) is 13.0 Å². The Morgan fingerprint density at radius 1 is 1.58 bits per heavy atom. The van der Waals surface area contributed by atoms with Crippen molar-refractivity contribution in [3.05, 3.63) is 17.0 Å². The maximum Gasteiger partial charge on any atom is 0.0700 e. The van der Waals surface area contributed by atoms with Crippen LogP contribution in [0.4, 0.5) is 0 Å². The van der Waals surface area contributed by atoms with Gasteiger partial charge in [-0.1, -0.05) is 6.92 Å². The molecule has 3 N–H and O–H groups in total. The van der Waals surface area contributed by atoms with Crippen molar-refractivity contribution in [3.63, 3.8) is 0 Å². The second-order valence-corrected chi connectivity index (χ2v) is 3.40. The van der Waals surface area contributed by atoms with Gasteiger partial charge in [-0.05, 0) is 19.3 Å². The molecule has 12 heavy (non-hydrogen) atoms. The molecule has 0 amide bonds. The van der Waals surface area contributed by atoms with E-state index in [2.05, 4.69) is 17.1 Å². The van der Waals surface area contributed by atoms with E-state index in [1.54, 1.807) is 0 Å². The van der Waals surface area contributed by atoms with Crippen LogP contribution in [-0.4, -0.2) is 10.2 Å². The fourth-order valence-corrected chi connectivity index (χ4v) is 1.63. The Balaban J connectivity index is 2.33. The van der Waals surface area contributed by atoms with Crippen LogP contribution in [0.5, 0.6) is 0 Å². The summed E-state index contributed by atoms with van der Waals surface area (Å²) in [6.07, 6.45) is 3.59. The summed E-state index contributed by atoms with van der Waals surface area (Å²) in [6.45, 7) is 2.76. The lowest BCUT2D eigenvalue weighted by atomic mass is 10.1. The van der Waals surface area contributed by atoms with Crippen molar-refractivity contribution in [2.75, 3.05) is 0 Å². The molecule has 1 heterocycles. The van der Waals surface area contributed by atoms with Crippen LogP contribution in [0.25, 0.3) is 0 Å². The summed E-state index contributed by atoms with van der Waals surface area (Å²) in [5.74, 6) is 0.708. The lowest BCUT2D eigenvalue weighted by Gasteiger charge is -1.98. The van der Waals surface area contributed by atoms with E-state index in [1.807, 2.05) is 0 Å². The van der Waals surface area contributed by atoms with Gasteiger partial charge in [-0.15, -0.1) is 0 Å². The molecule has 0 aromatic carbocycles. The number of hydrogen-bond acceptors (Lipinski definition) is 2. The SMILES string of the molecule is CCc1[nH]nc(C2CC2)c1CN. The number of nitrogens with two attached hydrogens (primary N) is 1. The van der Waals surface area contributed by atoms with Crippen LogP contribution in [0.15, 0.2) is 0 Å². The van der Waals surface area contributed by atoms with Crippen molar-refractivity contribution >= 4 is 0 Å². The highest BCUT2D eigenvalue weighted by Gasteiger charge is 2.29. The molecule has 1 fully saturated rings.